The monoisotopic (exact) mass is 322 g/mol. The van der Waals surface area contributed by atoms with Gasteiger partial charge in [-0.2, -0.15) is 5.10 Å². The fourth-order valence-corrected chi connectivity index (χ4v) is 3.20. The molecule has 23 heavy (non-hydrogen) atoms. The highest BCUT2D eigenvalue weighted by Crippen LogP contribution is 2.30. The molecule has 2 rings (SSSR count). The Morgan fingerprint density at radius 3 is 2.57 bits per heavy atom. The minimum absolute atomic E-state index is 0.160. The molecule has 0 saturated heterocycles. The molecule has 0 radical (unpaired) electrons. The van der Waals surface area contributed by atoms with E-state index in [9.17, 15) is 9.90 Å². The van der Waals surface area contributed by atoms with Crippen LogP contribution in [0.2, 0.25) is 0 Å². The zero-order valence-corrected chi connectivity index (χ0v) is 14.5. The molecule has 1 saturated carbocycles. The van der Waals surface area contributed by atoms with Gasteiger partial charge in [0.2, 0.25) is 0 Å². The second-order valence-electron chi connectivity index (χ2n) is 7.04. The van der Waals surface area contributed by atoms with Crippen LogP contribution in [0.15, 0.2) is 12.4 Å². The Morgan fingerprint density at radius 1 is 1.35 bits per heavy atom. The molecule has 1 atom stereocenters. The normalized spacial score (nSPS) is 24.0. The van der Waals surface area contributed by atoms with Crippen molar-refractivity contribution < 1.29 is 9.90 Å². The first-order valence-electron chi connectivity index (χ1n) is 8.64. The van der Waals surface area contributed by atoms with Gasteiger partial charge in [0, 0.05) is 25.4 Å². The topological polar surface area (TPSA) is 79.2 Å². The summed E-state index contributed by atoms with van der Waals surface area (Å²) in [4.78, 5) is 11.9. The van der Waals surface area contributed by atoms with Crippen LogP contribution in [0.5, 0.6) is 0 Å². The maximum absolute atomic E-state index is 11.9. The van der Waals surface area contributed by atoms with Gasteiger partial charge < -0.3 is 15.7 Å². The van der Waals surface area contributed by atoms with Crippen LogP contribution in [0.4, 0.5) is 4.79 Å². The summed E-state index contributed by atoms with van der Waals surface area (Å²) in [5.74, 6) is 1.46. The van der Waals surface area contributed by atoms with E-state index < -0.39 is 5.60 Å². The lowest BCUT2D eigenvalue weighted by Gasteiger charge is -2.28. The Labute approximate surface area is 138 Å². The standard InChI is InChI=1S/C17H30N4O2/c1-4-13-5-7-14(8-6-13)9-18-16(22)19-12-17(2,23)15-10-20-21(3)11-15/h10-11,13-14,23H,4-9,12H2,1-3H3,(H2,18,19,22). The molecule has 1 aliphatic rings. The van der Waals surface area contributed by atoms with E-state index >= 15 is 0 Å². The van der Waals surface area contributed by atoms with Crippen molar-refractivity contribution in [1.82, 2.24) is 20.4 Å². The lowest BCUT2D eigenvalue weighted by atomic mass is 9.81. The molecule has 1 aromatic heterocycles. The van der Waals surface area contributed by atoms with E-state index in [1.807, 2.05) is 0 Å². The summed E-state index contributed by atoms with van der Waals surface area (Å²) in [5, 5.41) is 20.2. The fraction of sp³-hybridized carbons (Fsp3) is 0.765. The van der Waals surface area contributed by atoms with Gasteiger partial charge in [0.1, 0.15) is 5.60 Å². The van der Waals surface area contributed by atoms with Gasteiger partial charge in [-0.3, -0.25) is 4.68 Å². The summed E-state index contributed by atoms with van der Waals surface area (Å²) in [7, 11) is 1.80. The number of nitrogens with zero attached hydrogens (tertiary/aromatic N) is 2. The molecule has 6 nitrogen and oxygen atoms in total. The lowest BCUT2D eigenvalue weighted by Crippen LogP contribution is -2.44. The number of nitrogens with one attached hydrogen (secondary N) is 2. The van der Waals surface area contributed by atoms with Crippen LogP contribution in [0.3, 0.4) is 0 Å². The van der Waals surface area contributed by atoms with E-state index in [1.54, 1.807) is 31.0 Å². The third-order valence-corrected chi connectivity index (χ3v) is 5.01. The van der Waals surface area contributed by atoms with Crippen molar-refractivity contribution in [3.8, 4) is 0 Å². The van der Waals surface area contributed by atoms with Crippen molar-refractivity contribution in [2.24, 2.45) is 18.9 Å². The molecule has 1 heterocycles. The average molecular weight is 322 g/mol. The van der Waals surface area contributed by atoms with Crippen molar-refractivity contribution in [2.45, 2.75) is 51.6 Å². The van der Waals surface area contributed by atoms with Crippen LogP contribution in [0, 0.1) is 11.8 Å². The summed E-state index contributed by atoms with van der Waals surface area (Å²) in [6.45, 7) is 4.81. The zero-order chi connectivity index (χ0) is 16.9. The smallest absolute Gasteiger partial charge is 0.314 e. The van der Waals surface area contributed by atoms with Crippen LogP contribution < -0.4 is 10.6 Å². The second-order valence-corrected chi connectivity index (χ2v) is 7.04. The third kappa shape index (κ3) is 5.23. The van der Waals surface area contributed by atoms with E-state index in [2.05, 4.69) is 22.7 Å². The maximum atomic E-state index is 11.9. The number of aromatic nitrogens is 2. The van der Waals surface area contributed by atoms with Crippen molar-refractivity contribution in [3.63, 3.8) is 0 Å². The number of carbonyl (C=O) groups is 1. The number of amides is 2. The number of carbonyl (C=O) groups excluding carboxylic acids is 1. The largest absolute Gasteiger partial charge is 0.383 e. The zero-order valence-electron chi connectivity index (χ0n) is 14.5. The minimum Gasteiger partial charge on any atom is -0.383 e. The summed E-state index contributed by atoms with van der Waals surface area (Å²) in [6.07, 6.45) is 9.60. The van der Waals surface area contributed by atoms with Gasteiger partial charge in [-0.15, -0.1) is 0 Å². The SMILES string of the molecule is CCC1CCC(CNC(=O)NCC(C)(O)c2cnn(C)c2)CC1. The Bertz CT molecular complexity index is 504. The number of aryl methyl sites for hydroxylation is 1. The molecular weight excluding hydrogens is 292 g/mol. The van der Waals surface area contributed by atoms with Crippen molar-refractivity contribution in [1.29, 1.82) is 0 Å². The number of rotatable bonds is 6. The quantitative estimate of drug-likeness (QED) is 0.751. The first-order valence-corrected chi connectivity index (χ1v) is 8.64. The molecule has 0 aromatic carbocycles. The summed E-state index contributed by atoms with van der Waals surface area (Å²) in [6, 6.07) is -0.216. The van der Waals surface area contributed by atoms with Crippen molar-refractivity contribution >= 4 is 6.03 Å². The van der Waals surface area contributed by atoms with E-state index in [0.717, 1.165) is 12.5 Å². The Kier molecular flexibility index (Phi) is 6.04. The minimum atomic E-state index is -1.12. The van der Waals surface area contributed by atoms with Crippen LogP contribution in [-0.2, 0) is 12.6 Å². The first-order chi connectivity index (χ1) is 10.9. The molecule has 0 aliphatic heterocycles. The predicted octanol–water partition coefficient (Wildman–Crippen LogP) is 2.14. The van der Waals surface area contributed by atoms with Crippen LogP contribution in [0.25, 0.3) is 0 Å². The van der Waals surface area contributed by atoms with Gasteiger partial charge in [-0.1, -0.05) is 26.2 Å². The van der Waals surface area contributed by atoms with E-state index in [0.29, 0.717) is 11.5 Å². The van der Waals surface area contributed by atoms with Gasteiger partial charge in [0.15, 0.2) is 0 Å². The van der Waals surface area contributed by atoms with Gasteiger partial charge in [-0.25, -0.2) is 4.79 Å². The molecule has 0 bridgehead atoms. The van der Waals surface area contributed by atoms with Crippen LogP contribution in [-0.4, -0.2) is 34.0 Å². The van der Waals surface area contributed by atoms with Crippen LogP contribution in [0.1, 0.15) is 51.5 Å². The molecule has 0 spiro atoms. The Hall–Kier alpha value is -1.56. The highest BCUT2D eigenvalue weighted by Gasteiger charge is 2.26. The molecule has 2 amide bonds. The lowest BCUT2D eigenvalue weighted by molar-refractivity contribution is 0.0592. The van der Waals surface area contributed by atoms with Crippen LogP contribution >= 0.6 is 0 Å². The summed E-state index contributed by atoms with van der Waals surface area (Å²) < 4.78 is 1.64. The summed E-state index contributed by atoms with van der Waals surface area (Å²) >= 11 is 0. The molecule has 3 N–H and O–H groups in total. The molecular formula is C17H30N4O2. The third-order valence-electron chi connectivity index (χ3n) is 5.01. The molecule has 6 heteroatoms. The Morgan fingerprint density at radius 2 is 2.00 bits per heavy atom. The van der Waals surface area contributed by atoms with E-state index in [1.165, 1.54) is 32.1 Å². The maximum Gasteiger partial charge on any atom is 0.314 e. The van der Waals surface area contributed by atoms with Gasteiger partial charge in [-0.05, 0) is 31.6 Å². The van der Waals surface area contributed by atoms with Crippen molar-refractivity contribution in [2.75, 3.05) is 13.1 Å². The molecule has 1 fully saturated rings. The van der Waals surface area contributed by atoms with Gasteiger partial charge >= 0.3 is 6.03 Å². The second kappa shape index (κ2) is 7.81. The molecule has 1 aromatic rings. The highest BCUT2D eigenvalue weighted by molar-refractivity contribution is 5.73. The first kappa shape index (κ1) is 17.8. The number of hydrogen-bond donors (Lipinski definition) is 3. The number of hydrogen-bond acceptors (Lipinski definition) is 3. The number of aliphatic hydroxyl groups is 1. The number of urea groups is 1. The molecule has 1 unspecified atom stereocenters. The average Bonchev–Trinajstić information content (AvgIpc) is 2.99. The van der Waals surface area contributed by atoms with E-state index in [4.69, 9.17) is 0 Å². The molecule has 130 valence electrons. The highest BCUT2D eigenvalue weighted by atomic mass is 16.3. The van der Waals surface area contributed by atoms with Crippen molar-refractivity contribution in [3.05, 3.63) is 18.0 Å². The fourth-order valence-electron chi connectivity index (χ4n) is 3.20. The Balaban J connectivity index is 1.69. The predicted molar refractivity (Wildman–Crippen MR) is 89.9 cm³/mol. The van der Waals surface area contributed by atoms with Gasteiger partial charge in [0.25, 0.3) is 0 Å². The van der Waals surface area contributed by atoms with Gasteiger partial charge in [0.05, 0.1) is 12.7 Å². The van der Waals surface area contributed by atoms with E-state index in [-0.39, 0.29) is 12.6 Å². The molecule has 1 aliphatic carbocycles. The summed E-state index contributed by atoms with van der Waals surface area (Å²) in [5.41, 5.74) is -0.427.